The summed E-state index contributed by atoms with van der Waals surface area (Å²) in [5, 5.41) is 9.29. The maximum atomic E-state index is 5.30. The lowest BCUT2D eigenvalue weighted by Crippen LogP contribution is -2.06. The predicted molar refractivity (Wildman–Crippen MR) is 583 cm³/mol. The Bertz CT molecular complexity index is 9200. The molecule has 12 nitrogen and oxygen atoms in total. The van der Waals surface area contributed by atoms with Crippen molar-refractivity contribution in [3.8, 4) is 169 Å². The van der Waals surface area contributed by atoms with Crippen molar-refractivity contribution in [2.75, 3.05) is 0 Å². The molecule has 0 radical (unpaired) electrons. The number of hydrogen-bond donors (Lipinski definition) is 0. The highest BCUT2D eigenvalue weighted by Gasteiger charge is 2.25. The molecule has 0 saturated heterocycles. The Balaban J connectivity index is 0.000000146. The molecule has 0 aliphatic rings. The van der Waals surface area contributed by atoms with Crippen molar-refractivity contribution in [2.45, 2.75) is 0 Å². The van der Waals surface area contributed by atoms with Gasteiger partial charge in [-0.3, -0.25) is 9.13 Å². The lowest BCUT2D eigenvalue weighted by atomic mass is 10.0. The Kier molecular flexibility index (Phi) is 21.0. The van der Waals surface area contributed by atoms with E-state index >= 15 is 0 Å². The highest BCUT2D eigenvalue weighted by Crippen LogP contribution is 2.44. The first-order valence-corrected chi connectivity index (χ1v) is 47.8. The molecule has 142 heavy (non-hydrogen) atoms. The third kappa shape index (κ3) is 15.4. The molecule has 0 fully saturated rings. The molecule has 0 bridgehead atoms. The zero-order chi connectivity index (χ0) is 93.9. The van der Waals surface area contributed by atoms with E-state index in [9.17, 15) is 0 Å². The van der Waals surface area contributed by atoms with Crippen LogP contribution in [0.25, 0.3) is 257 Å². The van der Waals surface area contributed by atoms with E-state index in [1.54, 1.807) is 0 Å². The van der Waals surface area contributed by atoms with Gasteiger partial charge in [-0.2, -0.15) is 19.9 Å². The number of benzene rings is 20. The summed E-state index contributed by atoms with van der Waals surface area (Å²) >= 11 is 0. The quantitative estimate of drug-likeness (QED) is 0.0883. The largest absolute Gasteiger partial charge is 0.309 e. The maximum absolute atomic E-state index is 5.30. The second-order valence-corrected chi connectivity index (χ2v) is 35.8. The summed E-state index contributed by atoms with van der Waals surface area (Å²) in [6, 6.07) is 179. The molecule has 0 N–H and O–H groups in total. The van der Waals surface area contributed by atoms with Crippen molar-refractivity contribution in [3.63, 3.8) is 0 Å². The minimum atomic E-state index is 0.543. The minimum Gasteiger partial charge on any atom is -0.309 e. The van der Waals surface area contributed by atoms with E-state index in [2.05, 4.69) is 455 Å². The summed E-state index contributed by atoms with van der Waals surface area (Å²) in [5.41, 5.74) is 33.1. The van der Waals surface area contributed by atoms with Crippen LogP contribution in [0.2, 0.25) is 0 Å². The molecule has 0 saturated carbocycles. The van der Waals surface area contributed by atoms with Gasteiger partial charge in [-0.15, -0.1) is 0 Å². The van der Waals surface area contributed by atoms with Gasteiger partial charge in [0, 0.05) is 93.4 Å². The van der Waals surface area contributed by atoms with Crippen molar-refractivity contribution in [1.29, 1.82) is 0 Å². The smallest absolute Gasteiger partial charge is 0.238 e. The van der Waals surface area contributed by atoms with Gasteiger partial charge in [0.15, 0.2) is 29.1 Å². The molecule has 0 amide bonds. The number of nitrogens with zero attached hydrogens (tertiary/aromatic N) is 12. The van der Waals surface area contributed by atoms with Gasteiger partial charge in [0.05, 0.1) is 55.5 Å². The molecule has 20 aromatic carbocycles. The van der Waals surface area contributed by atoms with Gasteiger partial charge in [0.2, 0.25) is 11.9 Å². The van der Waals surface area contributed by atoms with Crippen LogP contribution in [-0.4, -0.2) is 58.1 Å². The third-order valence-electron chi connectivity index (χ3n) is 27.2. The summed E-state index contributed by atoms with van der Waals surface area (Å²) in [6.45, 7) is 0. The Labute approximate surface area is 818 Å². The van der Waals surface area contributed by atoms with E-state index in [0.29, 0.717) is 41.0 Å². The van der Waals surface area contributed by atoms with E-state index in [1.807, 2.05) is 72.8 Å². The molecule has 27 rings (SSSR count). The Morgan fingerprint density at radius 2 is 0.324 bits per heavy atom. The number of fused-ring (bicyclic) bond motifs is 12. The molecule has 664 valence electrons. The topological polar surface area (TPSA) is 123 Å². The highest BCUT2D eigenvalue weighted by atomic mass is 15.2. The zero-order valence-corrected chi connectivity index (χ0v) is 76.9. The van der Waals surface area contributed by atoms with Crippen LogP contribution in [0.4, 0.5) is 0 Å². The van der Waals surface area contributed by atoms with Gasteiger partial charge < -0.3 is 9.13 Å². The van der Waals surface area contributed by atoms with Crippen LogP contribution in [0.3, 0.4) is 0 Å². The van der Waals surface area contributed by atoms with Crippen molar-refractivity contribution in [1.82, 2.24) is 58.1 Å². The lowest BCUT2D eigenvalue weighted by Gasteiger charge is -2.13. The fraction of sp³-hybridized carbons (Fsp3) is 0. The molecule has 27 aromatic rings. The molecule has 0 atom stereocenters. The Hall–Kier alpha value is -19.3. The first kappa shape index (κ1) is 83.3. The van der Waals surface area contributed by atoms with Crippen molar-refractivity contribution < 1.29 is 0 Å². The fourth-order valence-corrected chi connectivity index (χ4v) is 20.3. The van der Waals surface area contributed by atoms with E-state index < -0.39 is 0 Å². The molecule has 0 unspecified atom stereocenters. The molecule has 7 aromatic heterocycles. The summed E-state index contributed by atoms with van der Waals surface area (Å²) in [6.07, 6.45) is 0. The second kappa shape index (κ2) is 35.7. The van der Waals surface area contributed by atoms with Crippen LogP contribution < -0.4 is 0 Å². The van der Waals surface area contributed by atoms with Gasteiger partial charge in [0.25, 0.3) is 0 Å². The molecular formula is C130H84N12. The van der Waals surface area contributed by atoms with Gasteiger partial charge in [-0.1, -0.05) is 406 Å². The van der Waals surface area contributed by atoms with Crippen LogP contribution in [0, 0.1) is 0 Å². The van der Waals surface area contributed by atoms with Gasteiger partial charge >= 0.3 is 0 Å². The van der Waals surface area contributed by atoms with E-state index in [4.69, 9.17) is 39.9 Å². The van der Waals surface area contributed by atoms with E-state index in [0.717, 1.165) is 150 Å². The SMILES string of the molecule is c1ccc(-c2ccc(-c3cc(-c4ccc(-c5ccccc5)cc4)nc(-c4cccc(-n5c6ccccc6c6cc(-c7ccc8c(c7)c7ccccc7n8-c7ccccc7)ccc65)c4)n3)cc2)cc1.c1ccc(-c2ccc(-c3nc(-c4ccc(-c5ccccc5)cc4)nc(-n4c5ccccc5c5cc(-c6ccc7c(c6)c6ccccc6n7-c6nc(-c7ccccc7)nc(-c7ccccc7)n6)ccc54)n3)cc2)cc1. The molecule has 0 aliphatic carbocycles. The minimum absolute atomic E-state index is 0.543. The van der Waals surface area contributed by atoms with Gasteiger partial charge in [0.1, 0.15) is 0 Å². The molecule has 7 heterocycles. The number of para-hydroxylation sites is 5. The van der Waals surface area contributed by atoms with Crippen molar-refractivity contribution in [2.24, 2.45) is 0 Å². The lowest BCUT2D eigenvalue weighted by molar-refractivity contribution is 0.953. The number of rotatable bonds is 17. The standard InChI is InChI=1S/C66H42N8.C64H42N4/c1-5-17-43(18-6-1)45-29-33-49(34-30-45)63-68-64(50-35-31-46(32-36-50)44-19-7-2-8-20-44)72-66(71-63)74-58-28-16-14-26-54(58)56-42-52(38-40-60(56)74)51-37-39-59-55(41-51)53-25-13-15-27-57(53)73(59)65-69-61(47-21-9-3-10-22-47)67-62(70-65)48-23-11-4-12-24-48;1-4-15-43(16-5-1)45-27-31-47(32-28-45)58-42-59(48-33-29-46(30-34-48)44-17-6-2-7-18-44)66-64(65-58)51-19-14-22-53(39-51)68-61-26-13-11-24-55(61)57-41-50(36-38-63(57)68)49-35-37-62-56(40-49)54-23-10-12-25-60(54)67(62)52-20-8-3-9-21-52/h1-42H;1-42H. The highest BCUT2D eigenvalue weighted by molar-refractivity contribution is 6.15. The van der Waals surface area contributed by atoms with Crippen LogP contribution in [0.1, 0.15) is 0 Å². The van der Waals surface area contributed by atoms with E-state index in [1.165, 1.54) is 66.0 Å². The van der Waals surface area contributed by atoms with Gasteiger partial charge in [-0.25, -0.2) is 19.9 Å². The first-order chi connectivity index (χ1) is 70.4. The second-order valence-electron chi connectivity index (χ2n) is 35.8. The molecule has 12 heteroatoms. The normalized spacial score (nSPS) is 11.5. The van der Waals surface area contributed by atoms with Crippen LogP contribution in [0.15, 0.2) is 510 Å². The maximum Gasteiger partial charge on any atom is 0.238 e. The first-order valence-electron chi connectivity index (χ1n) is 47.8. The van der Waals surface area contributed by atoms with Gasteiger partial charge in [-0.05, 0) is 170 Å². The van der Waals surface area contributed by atoms with Crippen molar-refractivity contribution in [3.05, 3.63) is 510 Å². The summed E-state index contributed by atoms with van der Waals surface area (Å²) in [5.74, 6) is 4.19. The predicted octanol–water partition coefficient (Wildman–Crippen LogP) is 32.6. The zero-order valence-electron chi connectivity index (χ0n) is 76.9. The summed E-state index contributed by atoms with van der Waals surface area (Å²) in [7, 11) is 0. The average molecular weight is 1810 g/mol. The average Bonchev–Trinajstić information content (AvgIpc) is 1.57. The van der Waals surface area contributed by atoms with Crippen molar-refractivity contribution >= 4 is 87.2 Å². The van der Waals surface area contributed by atoms with E-state index in [-0.39, 0.29) is 0 Å². The summed E-state index contributed by atoms with van der Waals surface area (Å²) in [4.78, 5) is 41.6. The number of hydrogen-bond acceptors (Lipinski definition) is 8. The third-order valence-corrected chi connectivity index (χ3v) is 27.2. The van der Waals surface area contributed by atoms with Crippen LogP contribution >= 0.6 is 0 Å². The Morgan fingerprint density at radius 1 is 0.113 bits per heavy atom. The van der Waals surface area contributed by atoms with Crippen LogP contribution in [-0.2, 0) is 0 Å². The fourth-order valence-electron chi connectivity index (χ4n) is 20.3. The number of aromatic nitrogens is 12. The summed E-state index contributed by atoms with van der Waals surface area (Å²) < 4.78 is 9.09. The molecule has 0 spiro atoms. The van der Waals surface area contributed by atoms with Crippen LogP contribution in [0.5, 0.6) is 0 Å². The monoisotopic (exact) mass is 1810 g/mol. The Morgan fingerprint density at radius 3 is 0.648 bits per heavy atom. The molecule has 0 aliphatic heterocycles. The molecular weight excluding hydrogens is 1730 g/mol.